The summed E-state index contributed by atoms with van der Waals surface area (Å²) in [6, 6.07) is 1.05. The third-order valence-electron chi connectivity index (χ3n) is 4.48. The molecule has 0 aromatic carbocycles. The normalized spacial score (nSPS) is 27.8. The molecule has 3 atom stereocenters. The van der Waals surface area contributed by atoms with Gasteiger partial charge in [0.2, 0.25) is 0 Å². The van der Waals surface area contributed by atoms with Crippen LogP contribution < -0.4 is 0 Å². The monoisotopic (exact) mass is 374 g/mol. The van der Waals surface area contributed by atoms with Gasteiger partial charge in [0.15, 0.2) is 27.1 Å². The molecule has 1 saturated carbocycles. The molecule has 3 unspecified atom stereocenters. The Labute approximate surface area is 143 Å². The van der Waals surface area contributed by atoms with E-state index in [1.807, 2.05) is 0 Å². The van der Waals surface area contributed by atoms with Gasteiger partial charge in [-0.3, -0.25) is 0 Å². The van der Waals surface area contributed by atoms with E-state index < -0.39 is 35.9 Å². The van der Waals surface area contributed by atoms with Gasteiger partial charge in [0.1, 0.15) is 0 Å². The van der Waals surface area contributed by atoms with Crippen molar-refractivity contribution >= 4 is 35.9 Å². The minimum Gasteiger partial charge on any atom is -0.420 e. The highest BCUT2D eigenvalue weighted by atomic mass is 28.5. The van der Waals surface area contributed by atoms with Crippen LogP contribution in [-0.4, -0.2) is 35.9 Å². The second-order valence-electron chi connectivity index (χ2n) is 7.76. The summed E-state index contributed by atoms with van der Waals surface area (Å²) in [6.45, 7) is 13.5. The molecule has 0 aromatic rings. The van der Waals surface area contributed by atoms with Crippen molar-refractivity contribution in [3.63, 3.8) is 0 Å². The summed E-state index contributed by atoms with van der Waals surface area (Å²) >= 11 is 0. The number of rotatable bonds is 9. The van der Waals surface area contributed by atoms with Crippen LogP contribution in [0.3, 0.4) is 0 Å². The second-order valence-corrected chi connectivity index (χ2v) is 18.7. The molecule has 7 heteroatoms. The zero-order valence-electron chi connectivity index (χ0n) is 15.2. The molecule has 1 fully saturated rings. The first kappa shape index (κ1) is 18.8. The smallest absolute Gasteiger partial charge is 0.420 e. The molecule has 128 valence electrons. The molecular formula is C15H34O3Si4. The van der Waals surface area contributed by atoms with Crippen LogP contribution in [0.4, 0.5) is 0 Å². The van der Waals surface area contributed by atoms with Crippen LogP contribution in [0, 0.1) is 17.8 Å². The summed E-state index contributed by atoms with van der Waals surface area (Å²) in [7, 11) is -5.87. The number of hydrogen-bond donors (Lipinski definition) is 0. The predicted octanol–water partition coefficient (Wildman–Crippen LogP) is 3.53. The Morgan fingerprint density at radius 3 is 1.77 bits per heavy atom. The lowest BCUT2D eigenvalue weighted by Gasteiger charge is -2.36. The molecule has 2 aliphatic carbocycles. The lowest BCUT2D eigenvalue weighted by atomic mass is 9.91. The zero-order chi connectivity index (χ0) is 16.3. The van der Waals surface area contributed by atoms with Crippen LogP contribution in [0.5, 0.6) is 0 Å². The van der Waals surface area contributed by atoms with Crippen molar-refractivity contribution in [2.75, 3.05) is 0 Å². The quantitative estimate of drug-likeness (QED) is 0.456. The van der Waals surface area contributed by atoms with Crippen LogP contribution in [-0.2, 0) is 12.3 Å². The highest BCUT2D eigenvalue weighted by Gasteiger charge is 2.45. The second kappa shape index (κ2) is 8.04. The van der Waals surface area contributed by atoms with Crippen molar-refractivity contribution in [2.24, 2.45) is 17.8 Å². The molecule has 0 radical (unpaired) electrons. The maximum Gasteiger partial charge on any atom is 0.468 e. The van der Waals surface area contributed by atoms with Crippen LogP contribution in [0.2, 0.25) is 45.3 Å². The van der Waals surface area contributed by atoms with E-state index in [2.05, 4.69) is 51.4 Å². The van der Waals surface area contributed by atoms with Gasteiger partial charge in [-0.1, -0.05) is 12.2 Å². The molecule has 0 saturated heterocycles. The Morgan fingerprint density at radius 2 is 1.41 bits per heavy atom. The van der Waals surface area contributed by atoms with Crippen LogP contribution in [0.1, 0.15) is 19.3 Å². The molecule has 0 heterocycles. The standard InChI is InChI=1S/C15H34O3Si4/c1-19(2)16-22(17-20(3)4,18-21(5)6)10-9-15-12-13-7-8-14(15)11-13/h7-8,13-15,19-21H,9-12H2,1-6H3. The summed E-state index contributed by atoms with van der Waals surface area (Å²) in [5, 5.41) is 0. The van der Waals surface area contributed by atoms with E-state index in [1.54, 1.807) is 0 Å². The lowest BCUT2D eigenvalue weighted by Crippen LogP contribution is -2.53. The third kappa shape index (κ3) is 5.25. The van der Waals surface area contributed by atoms with Gasteiger partial charge < -0.3 is 12.3 Å². The highest BCUT2D eigenvalue weighted by molar-refractivity contribution is 6.79. The van der Waals surface area contributed by atoms with Gasteiger partial charge in [0, 0.05) is 6.04 Å². The van der Waals surface area contributed by atoms with Crippen molar-refractivity contribution in [2.45, 2.75) is 64.6 Å². The maximum absolute atomic E-state index is 6.48. The molecule has 0 spiro atoms. The third-order valence-corrected chi connectivity index (χ3v) is 15.4. The molecule has 0 N–H and O–H groups in total. The van der Waals surface area contributed by atoms with Gasteiger partial charge in [0.05, 0.1) is 0 Å². The molecule has 0 amide bonds. The Balaban J connectivity index is 2.02. The molecule has 22 heavy (non-hydrogen) atoms. The lowest BCUT2D eigenvalue weighted by molar-refractivity contribution is 0.259. The van der Waals surface area contributed by atoms with E-state index in [9.17, 15) is 0 Å². The summed E-state index contributed by atoms with van der Waals surface area (Å²) in [6.07, 6.45) is 8.89. The molecule has 2 rings (SSSR count). The van der Waals surface area contributed by atoms with E-state index in [1.165, 1.54) is 19.3 Å². The van der Waals surface area contributed by atoms with Crippen LogP contribution in [0.25, 0.3) is 0 Å². The zero-order valence-corrected chi connectivity index (χ0v) is 19.6. The average molecular weight is 375 g/mol. The summed E-state index contributed by atoms with van der Waals surface area (Å²) < 4.78 is 19.5. The molecule has 0 aliphatic heterocycles. The van der Waals surface area contributed by atoms with Gasteiger partial charge in [-0.25, -0.2) is 0 Å². The molecule has 2 aliphatic rings. The summed E-state index contributed by atoms with van der Waals surface area (Å²) in [5.41, 5.74) is 0. The number of allylic oxidation sites excluding steroid dienone is 2. The van der Waals surface area contributed by atoms with Crippen LogP contribution in [0.15, 0.2) is 12.2 Å². The first-order valence-electron chi connectivity index (χ1n) is 9.01. The summed E-state index contributed by atoms with van der Waals surface area (Å²) in [5.74, 6) is 2.52. The average Bonchev–Trinajstić information content (AvgIpc) is 2.95. The minimum absolute atomic E-state index is 0.820. The Kier molecular flexibility index (Phi) is 6.88. The predicted molar refractivity (Wildman–Crippen MR) is 104 cm³/mol. The first-order chi connectivity index (χ1) is 10.3. The fourth-order valence-corrected chi connectivity index (χ4v) is 16.9. The van der Waals surface area contributed by atoms with E-state index in [-0.39, 0.29) is 0 Å². The fraction of sp³-hybridized carbons (Fsp3) is 0.867. The largest absolute Gasteiger partial charge is 0.468 e. The minimum atomic E-state index is -2.42. The first-order valence-corrected chi connectivity index (χ1v) is 19.3. The topological polar surface area (TPSA) is 27.7 Å². The Hall–Kier alpha value is 0.488. The van der Waals surface area contributed by atoms with Crippen molar-refractivity contribution in [3.8, 4) is 0 Å². The Bertz CT molecular complexity index is 360. The van der Waals surface area contributed by atoms with E-state index in [0.29, 0.717) is 0 Å². The van der Waals surface area contributed by atoms with Crippen molar-refractivity contribution in [1.29, 1.82) is 0 Å². The van der Waals surface area contributed by atoms with Gasteiger partial charge >= 0.3 is 8.80 Å². The molecule has 0 aromatic heterocycles. The fourth-order valence-electron chi connectivity index (χ4n) is 3.93. The number of fused-ring (bicyclic) bond motifs is 2. The Morgan fingerprint density at radius 1 is 0.864 bits per heavy atom. The molecular weight excluding hydrogens is 341 g/mol. The van der Waals surface area contributed by atoms with Gasteiger partial charge in [-0.2, -0.15) is 0 Å². The van der Waals surface area contributed by atoms with Crippen molar-refractivity contribution in [1.82, 2.24) is 0 Å². The van der Waals surface area contributed by atoms with E-state index in [0.717, 1.165) is 23.8 Å². The van der Waals surface area contributed by atoms with Crippen molar-refractivity contribution in [3.05, 3.63) is 12.2 Å². The molecule has 3 nitrogen and oxygen atoms in total. The van der Waals surface area contributed by atoms with Gasteiger partial charge in [0.25, 0.3) is 0 Å². The van der Waals surface area contributed by atoms with E-state index >= 15 is 0 Å². The van der Waals surface area contributed by atoms with Crippen LogP contribution >= 0.6 is 0 Å². The number of hydrogen-bond acceptors (Lipinski definition) is 3. The maximum atomic E-state index is 6.48. The van der Waals surface area contributed by atoms with Gasteiger partial charge in [-0.05, 0) is 76.3 Å². The molecule has 2 bridgehead atoms. The van der Waals surface area contributed by atoms with Crippen molar-refractivity contribution < 1.29 is 12.3 Å². The van der Waals surface area contributed by atoms with E-state index in [4.69, 9.17) is 12.3 Å². The van der Waals surface area contributed by atoms with Gasteiger partial charge in [-0.15, -0.1) is 0 Å². The SMILES string of the molecule is C[SiH](C)O[Si](CCC1CC2C=CC1C2)(O[SiH](C)C)O[SiH](C)C. The highest BCUT2D eigenvalue weighted by Crippen LogP contribution is 2.46. The summed E-state index contributed by atoms with van der Waals surface area (Å²) in [4.78, 5) is 0.